The molecule has 65 heavy (non-hydrogen) atoms. The monoisotopic (exact) mass is 934 g/mol. The Bertz CT molecular complexity index is 2500. The number of fused-ring (bicyclic) bond motifs is 2. The van der Waals surface area contributed by atoms with E-state index in [9.17, 15) is 23.1 Å². The van der Waals surface area contributed by atoms with Gasteiger partial charge < -0.3 is 30.1 Å². The molecule has 0 radical (unpaired) electrons. The van der Waals surface area contributed by atoms with E-state index in [1.165, 1.54) is 11.3 Å². The molecule has 0 spiro atoms. The van der Waals surface area contributed by atoms with Crippen molar-refractivity contribution in [2.45, 2.75) is 86.9 Å². The quantitative estimate of drug-likeness (QED) is 0.0659. The number of benzene rings is 2. The number of ether oxygens (including phenoxy) is 2. The molecule has 5 aromatic rings. The Morgan fingerprint density at radius 2 is 1.74 bits per heavy atom. The standard InChI is InChI=1S/C45H58N8O8S2.2CH4/c1-28-21-29(2)23-32(60-19-16-51(4)17-20-63(57,58)59)24-31(22-28)26-53-30(3)36(25-47-53)34-10-12-41(49-42(34)44(55)56)52-15-13-33-37(27-52)35(9-11-39(33)61-18-14-46)43(54)50-45-48-38-7-5-6-8-40(38)62-45;;/h5-12,25,28-29,31-32H,13-24,26-27,46H2,1-4H3,(H,55,56)(H,48,50,54)(H,57,58,59);2*1H4. The minimum atomic E-state index is -4.03. The summed E-state index contributed by atoms with van der Waals surface area (Å²) < 4.78 is 46.9. The zero-order valence-electron chi connectivity index (χ0n) is 36.3. The molecule has 4 atom stereocenters. The number of carboxylic acids is 1. The number of likely N-dealkylation sites (N-methyl/N-ethyl adjacent to an activating group) is 1. The average Bonchev–Trinajstić information content (AvgIpc) is 3.82. The van der Waals surface area contributed by atoms with Gasteiger partial charge in [0.05, 0.1) is 34.9 Å². The van der Waals surface area contributed by atoms with Crippen LogP contribution < -0.4 is 20.7 Å². The Balaban J connectivity index is 0.00000397. The lowest BCUT2D eigenvalue weighted by atomic mass is 9.80. The van der Waals surface area contributed by atoms with Crippen LogP contribution in [0.25, 0.3) is 21.3 Å². The Morgan fingerprint density at radius 3 is 2.48 bits per heavy atom. The van der Waals surface area contributed by atoms with Crippen LogP contribution in [0, 0.1) is 24.7 Å². The molecule has 5 N–H and O–H groups in total. The van der Waals surface area contributed by atoms with E-state index in [1.54, 1.807) is 18.3 Å². The molecule has 354 valence electrons. The molecule has 7 rings (SSSR count). The molecule has 1 fully saturated rings. The highest BCUT2D eigenvalue weighted by atomic mass is 32.2. The second kappa shape index (κ2) is 22.5. The van der Waals surface area contributed by atoms with Gasteiger partial charge in [0.2, 0.25) is 0 Å². The number of hydrogen-bond acceptors (Lipinski definition) is 13. The summed E-state index contributed by atoms with van der Waals surface area (Å²) >= 11 is 1.40. The van der Waals surface area contributed by atoms with Gasteiger partial charge in [0.1, 0.15) is 18.2 Å². The highest BCUT2D eigenvalue weighted by Gasteiger charge is 2.30. The molecule has 0 bridgehead atoms. The average molecular weight is 935 g/mol. The lowest BCUT2D eigenvalue weighted by molar-refractivity contribution is -0.000140. The first-order valence-corrected chi connectivity index (χ1v) is 24.0. The number of carbonyl (C=O) groups is 2. The van der Waals surface area contributed by atoms with Crippen molar-refractivity contribution in [2.75, 3.05) is 62.4 Å². The number of aromatic nitrogens is 4. The van der Waals surface area contributed by atoms with Gasteiger partial charge >= 0.3 is 5.97 Å². The lowest BCUT2D eigenvalue weighted by Gasteiger charge is -2.33. The maximum atomic E-state index is 13.9. The first-order chi connectivity index (χ1) is 30.1. The third-order valence-corrected chi connectivity index (χ3v) is 13.7. The molecule has 1 amide bonds. The first kappa shape index (κ1) is 51.0. The van der Waals surface area contributed by atoms with Crippen LogP contribution in [0.2, 0.25) is 0 Å². The number of rotatable bonds is 17. The summed E-state index contributed by atoms with van der Waals surface area (Å²) in [5.74, 6) is 0.637. The van der Waals surface area contributed by atoms with E-state index in [-0.39, 0.29) is 50.8 Å². The smallest absolute Gasteiger partial charge is 0.355 e. The largest absolute Gasteiger partial charge is 0.492 e. The van der Waals surface area contributed by atoms with Crippen molar-refractivity contribution in [3.63, 3.8) is 0 Å². The van der Waals surface area contributed by atoms with E-state index < -0.39 is 16.1 Å². The van der Waals surface area contributed by atoms with Gasteiger partial charge in [-0.1, -0.05) is 52.2 Å². The maximum absolute atomic E-state index is 13.9. The van der Waals surface area contributed by atoms with Gasteiger partial charge in [0, 0.05) is 67.2 Å². The predicted octanol–water partition coefficient (Wildman–Crippen LogP) is 7.65. The number of carboxylic acid groups (broad SMARTS) is 1. The van der Waals surface area contributed by atoms with Crippen LogP contribution in [-0.2, 0) is 34.4 Å². The Kier molecular flexibility index (Phi) is 17.6. The van der Waals surface area contributed by atoms with Gasteiger partial charge in [-0.3, -0.25) is 19.3 Å². The van der Waals surface area contributed by atoms with Crippen LogP contribution >= 0.6 is 11.3 Å². The number of carbonyl (C=O) groups excluding carboxylic acids is 1. The number of para-hydroxylation sites is 1. The number of aromatic carboxylic acids is 1. The van der Waals surface area contributed by atoms with Crippen molar-refractivity contribution in [2.24, 2.45) is 23.5 Å². The zero-order valence-corrected chi connectivity index (χ0v) is 38.0. The zero-order chi connectivity index (χ0) is 44.8. The third-order valence-electron chi connectivity index (χ3n) is 12.1. The fraction of sp³-hybridized carbons (Fsp3) is 0.511. The molecule has 1 aliphatic heterocycles. The molecular weight excluding hydrogens is 869 g/mol. The molecule has 18 heteroatoms. The van der Waals surface area contributed by atoms with E-state index in [4.69, 9.17) is 29.8 Å². The first-order valence-electron chi connectivity index (χ1n) is 21.6. The molecule has 4 unspecified atom stereocenters. The van der Waals surface area contributed by atoms with Crippen LogP contribution in [0.15, 0.2) is 54.7 Å². The van der Waals surface area contributed by atoms with Gasteiger partial charge in [0.15, 0.2) is 10.8 Å². The second-order valence-electron chi connectivity index (χ2n) is 17.1. The van der Waals surface area contributed by atoms with Crippen molar-refractivity contribution in [1.29, 1.82) is 0 Å². The number of hydrogen-bond donors (Lipinski definition) is 4. The number of nitrogens with two attached hydrogens (primary N) is 1. The number of thiazole rings is 1. The SMILES string of the molecule is C.C.Cc1c(-c2ccc(N3CCc4c(OCCN)ccc(C(=O)Nc5nc6ccccc6s5)c4C3)nc2C(=O)O)cnn1CC1CC(C)CC(C)CC(OCCN(C)CCS(=O)(=O)O)C1. The van der Waals surface area contributed by atoms with Gasteiger partial charge in [-0.2, -0.15) is 13.5 Å². The molecule has 1 aliphatic carbocycles. The van der Waals surface area contributed by atoms with Crippen molar-refractivity contribution in [1.82, 2.24) is 24.6 Å². The highest BCUT2D eigenvalue weighted by molar-refractivity contribution is 7.85. The van der Waals surface area contributed by atoms with Gasteiger partial charge in [-0.05, 0) is 106 Å². The van der Waals surface area contributed by atoms with Gasteiger partial charge in [-0.25, -0.2) is 14.8 Å². The third kappa shape index (κ3) is 12.9. The summed E-state index contributed by atoms with van der Waals surface area (Å²) in [6.07, 6.45) is 6.11. The summed E-state index contributed by atoms with van der Waals surface area (Å²) in [4.78, 5) is 39.9. The second-order valence-corrected chi connectivity index (χ2v) is 19.7. The van der Waals surface area contributed by atoms with E-state index in [2.05, 4.69) is 24.1 Å². The molecule has 0 saturated heterocycles. The van der Waals surface area contributed by atoms with Crippen molar-refractivity contribution in [3.8, 4) is 16.9 Å². The number of pyridine rings is 1. The Morgan fingerprint density at radius 1 is 0.969 bits per heavy atom. The number of nitrogens with one attached hydrogen (secondary N) is 1. The molecule has 1 saturated carbocycles. The fourth-order valence-electron chi connectivity index (χ4n) is 9.10. The van der Waals surface area contributed by atoms with Gasteiger partial charge in [-0.15, -0.1) is 0 Å². The van der Waals surface area contributed by atoms with Gasteiger partial charge in [0.25, 0.3) is 16.0 Å². The lowest BCUT2D eigenvalue weighted by Crippen LogP contribution is -2.33. The molecule has 2 aliphatic rings. The molecule has 16 nitrogen and oxygen atoms in total. The van der Waals surface area contributed by atoms with Crippen molar-refractivity contribution >= 4 is 54.5 Å². The maximum Gasteiger partial charge on any atom is 0.355 e. The summed E-state index contributed by atoms with van der Waals surface area (Å²) in [5, 5.41) is 18.8. The topological polar surface area (TPSA) is 215 Å². The summed E-state index contributed by atoms with van der Waals surface area (Å²) in [5.41, 5.74) is 10.6. The predicted molar refractivity (Wildman–Crippen MR) is 258 cm³/mol. The summed E-state index contributed by atoms with van der Waals surface area (Å²) in [6, 6.07) is 14.9. The van der Waals surface area contributed by atoms with Crippen LogP contribution in [-0.4, -0.2) is 113 Å². The van der Waals surface area contributed by atoms with Crippen molar-refractivity contribution < 1.29 is 37.1 Å². The van der Waals surface area contributed by atoms with Crippen LogP contribution in [0.4, 0.5) is 10.9 Å². The normalized spacial score (nSPS) is 18.8. The summed E-state index contributed by atoms with van der Waals surface area (Å²) in [7, 11) is -2.22. The summed E-state index contributed by atoms with van der Waals surface area (Å²) in [6.45, 7) is 9.85. The Labute approximate surface area is 387 Å². The van der Waals surface area contributed by atoms with E-state index >= 15 is 0 Å². The number of anilines is 2. The van der Waals surface area contributed by atoms with E-state index in [0.29, 0.717) is 97.6 Å². The van der Waals surface area contributed by atoms with Crippen molar-refractivity contribution in [3.05, 3.63) is 82.8 Å². The highest BCUT2D eigenvalue weighted by Crippen LogP contribution is 2.37. The number of amides is 1. The molecule has 2 aromatic carbocycles. The Hall–Kier alpha value is -4.98. The molecule has 4 heterocycles. The van der Waals surface area contributed by atoms with E-state index in [0.717, 1.165) is 52.7 Å². The minimum absolute atomic E-state index is 0. The fourth-order valence-corrected chi connectivity index (χ4v) is 10.5. The number of nitrogens with zero attached hydrogens (tertiary/aromatic N) is 6. The van der Waals surface area contributed by atoms with Crippen LogP contribution in [0.1, 0.15) is 92.1 Å². The van der Waals surface area contributed by atoms with Crippen LogP contribution in [0.3, 0.4) is 0 Å². The molecular formula is C47H66N8O8S2. The van der Waals surface area contributed by atoms with E-state index in [1.807, 2.05) is 64.9 Å². The minimum Gasteiger partial charge on any atom is -0.492 e. The molecule has 3 aromatic heterocycles. The van der Waals surface area contributed by atoms with Crippen LogP contribution in [0.5, 0.6) is 5.75 Å².